The number of aliphatic imine (C=N–C) groups is 1. The molecule has 1 unspecified atom stereocenters. The largest absolute Gasteiger partial charge is 0.505 e. The lowest BCUT2D eigenvalue weighted by Crippen LogP contribution is -2.47. The number of fused-ring (bicyclic) bond motifs is 1. The molecule has 1 aromatic heterocycles. The summed E-state index contributed by atoms with van der Waals surface area (Å²) >= 11 is 0. The molecule has 0 amide bonds. The van der Waals surface area contributed by atoms with Crippen LogP contribution >= 0.6 is 24.0 Å². The number of halogens is 2. The van der Waals surface area contributed by atoms with Crippen molar-refractivity contribution >= 4 is 29.9 Å². The maximum atomic E-state index is 13.5. The normalized spacial score (nSPS) is 16.5. The van der Waals surface area contributed by atoms with Gasteiger partial charge in [0.05, 0.1) is 13.1 Å². The van der Waals surface area contributed by atoms with Crippen LogP contribution in [0.4, 0.5) is 4.39 Å². The number of phenols is 1. The van der Waals surface area contributed by atoms with Gasteiger partial charge in [0.2, 0.25) is 0 Å². The van der Waals surface area contributed by atoms with Gasteiger partial charge in [0, 0.05) is 24.9 Å². The highest BCUT2D eigenvalue weighted by atomic mass is 127. The van der Waals surface area contributed by atoms with Crippen LogP contribution in [-0.2, 0) is 19.5 Å². The molecule has 1 aromatic carbocycles. The molecule has 0 fully saturated rings. The van der Waals surface area contributed by atoms with E-state index in [-0.39, 0.29) is 35.8 Å². The van der Waals surface area contributed by atoms with E-state index in [9.17, 15) is 9.50 Å². The zero-order valence-electron chi connectivity index (χ0n) is 16.4. The van der Waals surface area contributed by atoms with Crippen LogP contribution < -0.4 is 10.6 Å². The molecule has 2 heterocycles. The van der Waals surface area contributed by atoms with E-state index in [1.54, 1.807) is 6.07 Å². The lowest BCUT2D eigenvalue weighted by atomic mass is 10.1. The van der Waals surface area contributed by atoms with E-state index in [0.717, 1.165) is 37.6 Å². The molecule has 0 radical (unpaired) electrons. The smallest absolute Gasteiger partial charge is 0.191 e. The third-order valence-electron chi connectivity index (χ3n) is 4.51. The van der Waals surface area contributed by atoms with Gasteiger partial charge in [-0.2, -0.15) is 5.10 Å². The SMILES string of the molecule is CCNC(=NCc1ccc(O)c(F)c1)NC1CCc2nc(C(C)C)nn2C1.I. The van der Waals surface area contributed by atoms with E-state index >= 15 is 0 Å². The number of hydrogen-bond acceptors (Lipinski definition) is 4. The summed E-state index contributed by atoms with van der Waals surface area (Å²) in [6.45, 7) is 7.99. The van der Waals surface area contributed by atoms with Gasteiger partial charge in [0.1, 0.15) is 5.82 Å². The van der Waals surface area contributed by atoms with Gasteiger partial charge in [-0.05, 0) is 31.0 Å². The monoisotopic (exact) mass is 502 g/mol. The number of hydrogen-bond donors (Lipinski definition) is 3. The third kappa shape index (κ3) is 5.55. The number of nitrogens with one attached hydrogen (secondary N) is 2. The summed E-state index contributed by atoms with van der Waals surface area (Å²) in [5.41, 5.74) is 0.700. The Morgan fingerprint density at radius 1 is 1.43 bits per heavy atom. The summed E-state index contributed by atoms with van der Waals surface area (Å²) < 4.78 is 15.5. The zero-order valence-corrected chi connectivity index (χ0v) is 18.8. The molecule has 7 nitrogen and oxygen atoms in total. The highest BCUT2D eigenvalue weighted by Crippen LogP contribution is 2.18. The molecule has 9 heteroatoms. The van der Waals surface area contributed by atoms with Crippen molar-refractivity contribution in [3.8, 4) is 5.75 Å². The van der Waals surface area contributed by atoms with Crippen molar-refractivity contribution in [3.63, 3.8) is 0 Å². The molecule has 0 saturated heterocycles. The van der Waals surface area contributed by atoms with E-state index < -0.39 is 5.82 Å². The number of guanidine groups is 1. The fourth-order valence-electron chi connectivity index (χ4n) is 3.02. The summed E-state index contributed by atoms with van der Waals surface area (Å²) in [5, 5.41) is 20.6. The molecule has 0 bridgehead atoms. The Morgan fingerprint density at radius 2 is 2.21 bits per heavy atom. The Hall–Kier alpha value is -1.91. The summed E-state index contributed by atoms with van der Waals surface area (Å²) in [5.74, 6) is 1.95. The van der Waals surface area contributed by atoms with Crippen LogP contribution in [0.3, 0.4) is 0 Å². The second kappa shape index (κ2) is 10.0. The second-order valence-electron chi connectivity index (χ2n) is 7.08. The average Bonchev–Trinajstić information content (AvgIpc) is 3.06. The van der Waals surface area contributed by atoms with Crippen LogP contribution in [0.25, 0.3) is 0 Å². The van der Waals surface area contributed by atoms with Gasteiger partial charge in [0.15, 0.2) is 23.4 Å². The predicted octanol–water partition coefficient (Wildman–Crippen LogP) is 2.93. The van der Waals surface area contributed by atoms with Crippen LogP contribution in [0, 0.1) is 5.82 Å². The van der Waals surface area contributed by atoms with Crippen LogP contribution in [0.15, 0.2) is 23.2 Å². The lowest BCUT2D eigenvalue weighted by molar-refractivity contribution is 0.391. The Morgan fingerprint density at radius 3 is 2.89 bits per heavy atom. The summed E-state index contributed by atoms with van der Waals surface area (Å²) in [6, 6.07) is 4.52. The van der Waals surface area contributed by atoms with Crippen molar-refractivity contribution in [2.45, 2.75) is 58.7 Å². The van der Waals surface area contributed by atoms with Gasteiger partial charge in [-0.15, -0.1) is 24.0 Å². The van der Waals surface area contributed by atoms with Crippen LogP contribution in [-0.4, -0.2) is 38.4 Å². The maximum absolute atomic E-state index is 13.5. The van der Waals surface area contributed by atoms with E-state index in [0.29, 0.717) is 24.0 Å². The Labute approximate surface area is 181 Å². The van der Waals surface area contributed by atoms with E-state index in [1.165, 1.54) is 12.1 Å². The number of aromatic hydroxyl groups is 1. The summed E-state index contributed by atoms with van der Waals surface area (Å²) in [4.78, 5) is 9.15. The molecular formula is C19H28FIN6O. The van der Waals surface area contributed by atoms with Crippen LogP contribution in [0.2, 0.25) is 0 Å². The first kappa shape index (κ1) is 22.4. The van der Waals surface area contributed by atoms with Crippen molar-refractivity contribution in [3.05, 3.63) is 41.2 Å². The minimum atomic E-state index is -0.632. The van der Waals surface area contributed by atoms with Crippen molar-refractivity contribution in [2.24, 2.45) is 4.99 Å². The van der Waals surface area contributed by atoms with Crippen molar-refractivity contribution < 1.29 is 9.50 Å². The fourth-order valence-corrected chi connectivity index (χ4v) is 3.02. The quantitative estimate of drug-likeness (QED) is 0.333. The van der Waals surface area contributed by atoms with E-state index in [4.69, 9.17) is 0 Å². The standard InChI is InChI=1S/C19H27FN6O.HI/c1-4-21-19(22-10-13-5-7-16(27)15(20)9-13)23-14-6-8-17-24-18(12(2)3)25-26(17)11-14;/h5,7,9,12,14,27H,4,6,8,10-11H2,1-3H3,(H2,21,22,23);1H. The van der Waals surface area contributed by atoms with Crippen molar-refractivity contribution in [1.29, 1.82) is 0 Å². The molecular weight excluding hydrogens is 474 g/mol. The maximum Gasteiger partial charge on any atom is 0.191 e. The summed E-state index contributed by atoms with van der Waals surface area (Å²) in [6.07, 6.45) is 1.83. The number of aromatic nitrogens is 3. The summed E-state index contributed by atoms with van der Waals surface area (Å²) in [7, 11) is 0. The zero-order chi connectivity index (χ0) is 19.4. The second-order valence-corrected chi connectivity index (χ2v) is 7.08. The minimum Gasteiger partial charge on any atom is -0.505 e. The lowest BCUT2D eigenvalue weighted by Gasteiger charge is -2.25. The molecule has 0 saturated carbocycles. The molecule has 0 spiro atoms. The van der Waals surface area contributed by atoms with Gasteiger partial charge in [-0.3, -0.25) is 0 Å². The van der Waals surface area contributed by atoms with Crippen molar-refractivity contribution in [1.82, 2.24) is 25.4 Å². The number of rotatable bonds is 5. The molecule has 3 rings (SSSR count). The Kier molecular flexibility index (Phi) is 8.02. The molecule has 1 atom stereocenters. The highest BCUT2D eigenvalue weighted by Gasteiger charge is 2.23. The number of aryl methyl sites for hydroxylation is 1. The first-order chi connectivity index (χ1) is 13.0. The molecule has 2 aromatic rings. The van der Waals surface area contributed by atoms with Gasteiger partial charge >= 0.3 is 0 Å². The van der Waals surface area contributed by atoms with Gasteiger partial charge in [-0.1, -0.05) is 19.9 Å². The van der Waals surface area contributed by atoms with Crippen molar-refractivity contribution in [2.75, 3.05) is 6.54 Å². The molecule has 154 valence electrons. The van der Waals surface area contributed by atoms with Crippen LogP contribution in [0.1, 0.15) is 50.3 Å². The fraction of sp³-hybridized carbons (Fsp3) is 0.526. The number of phenolic OH excluding ortho intramolecular Hbond substituents is 1. The minimum absolute atomic E-state index is 0. The molecule has 0 aliphatic carbocycles. The molecule has 1 aliphatic rings. The molecule has 1 aliphatic heterocycles. The Bertz CT molecular complexity index is 823. The third-order valence-corrected chi connectivity index (χ3v) is 4.51. The first-order valence-electron chi connectivity index (χ1n) is 9.42. The average molecular weight is 502 g/mol. The van der Waals surface area contributed by atoms with Gasteiger partial charge < -0.3 is 15.7 Å². The van der Waals surface area contributed by atoms with E-state index in [2.05, 4.69) is 39.6 Å². The van der Waals surface area contributed by atoms with Crippen LogP contribution in [0.5, 0.6) is 5.75 Å². The predicted molar refractivity (Wildman–Crippen MR) is 118 cm³/mol. The highest BCUT2D eigenvalue weighted by molar-refractivity contribution is 14.0. The van der Waals surface area contributed by atoms with Gasteiger partial charge in [0.25, 0.3) is 0 Å². The van der Waals surface area contributed by atoms with Gasteiger partial charge in [-0.25, -0.2) is 19.0 Å². The molecule has 28 heavy (non-hydrogen) atoms. The topological polar surface area (TPSA) is 87.4 Å². The first-order valence-corrected chi connectivity index (χ1v) is 9.42. The number of benzene rings is 1. The van der Waals surface area contributed by atoms with E-state index in [1.807, 2.05) is 11.6 Å². The molecule has 3 N–H and O–H groups in total. The number of nitrogens with zero attached hydrogens (tertiary/aromatic N) is 4. The Balaban J connectivity index is 0.00000280.